The smallest absolute Gasteiger partial charge is 0.196 e. The molecule has 0 aromatic heterocycles. The van der Waals surface area contributed by atoms with Gasteiger partial charge in [-0.1, -0.05) is 155 Å². The van der Waals surface area contributed by atoms with Crippen LogP contribution in [0.2, 0.25) is 0 Å². The average molecular weight is 479 g/mol. The van der Waals surface area contributed by atoms with Crippen molar-refractivity contribution >= 4 is 0 Å². The molecule has 0 fully saturated rings. The first kappa shape index (κ1) is 25.9. The van der Waals surface area contributed by atoms with Gasteiger partial charge in [0, 0.05) is 11.5 Å². The lowest BCUT2D eigenvalue weighted by Gasteiger charge is -2.32. The summed E-state index contributed by atoms with van der Waals surface area (Å²) in [6.45, 7) is 2.23. The Labute approximate surface area is 216 Å². The third-order valence-electron chi connectivity index (χ3n) is 7.17. The Morgan fingerprint density at radius 2 is 0.972 bits per heavy atom. The summed E-state index contributed by atoms with van der Waals surface area (Å²) >= 11 is 0. The van der Waals surface area contributed by atoms with Crippen LogP contribution in [0.3, 0.4) is 0 Å². The van der Waals surface area contributed by atoms with Crippen LogP contribution in [-0.4, -0.2) is 10.2 Å². The van der Waals surface area contributed by atoms with Crippen molar-refractivity contribution in [3.63, 3.8) is 0 Å². The van der Waals surface area contributed by atoms with Gasteiger partial charge >= 0.3 is 0 Å². The normalized spacial score (nSPS) is 12.4. The number of hydrogen-bond donors (Lipinski definition) is 2. The summed E-state index contributed by atoms with van der Waals surface area (Å²) in [5, 5.41) is 23.1. The Bertz CT molecular complexity index is 1160. The molecule has 186 valence electrons. The van der Waals surface area contributed by atoms with E-state index in [1.165, 1.54) is 25.7 Å². The Morgan fingerprint density at radius 3 is 1.50 bits per heavy atom. The van der Waals surface area contributed by atoms with E-state index in [9.17, 15) is 10.2 Å². The molecule has 0 aliphatic heterocycles. The Hall–Kier alpha value is -3.20. The van der Waals surface area contributed by atoms with Crippen molar-refractivity contribution in [2.75, 3.05) is 0 Å². The Morgan fingerprint density at radius 1 is 0.528 bits per heavy atom. The summed E-state index contributed by atoms with van der Waals surface area (Å²) in [5.41, 5.74) is 5.96. The number of rotatable bonds is 12. The van der Waals surface area contributed by atoms with Gasteiger partial charge < -0.3 is 10.2 Å². The maximum Gasteiger partial charge on any atom is 0.196 e. The molecule has 0 heterocycles. The van der Waals surface area contributed by atoms with Crippen LogP contribution in [0, 0.1) is 0 Å². The number of benzene rings is 4. The first-order chi connectivity index (χ1) is 17.6. The highest BCUT2D eigenvalue weighted by atomic mass is 16.5. The molecule has 0 spiro atoms. The first-order valence-corrected chi connectivity index (χ1v) is 13.4. The highest BCUT2D eigenvalue weighted by molar-refractivity contribution is 5.64. The highest BCUT2D eigenvalue weighted by Crippen LogP contribution is 2.40. The monoisotopic (exact) mass is 478 g/mol. The molecule has 1 unspecified atom stereocenters. The molecule has 1 atom stereocenters. The molecule has 0 bridgehead atoms. The number of hydrogen-bond acceptors (Lipinski definition) is 2. The zero-order chi connectivity index (χ0) is 25.2. The van der Waals surface area contributed by atoms with E-state index in [-0.39, 0.29) is 0 Å². The summed E-state index contributed by atoms with van der Waals surface area (Å²) in [5.74, 6) is -2.36. The molecule has 4 rings (SSSR count). The minimum absolute atomic E-state index is 0.406. The fourth-order valence-corrected chi connectivity index (χ4v) is 5.01. The van der Waals surface area contributed by atoms with Crippen molar-refractivity contribution in [3.8, 4) is 22.3 Å². The van der Waals surface area contributed by atoms with Crippen molar-refractivity contribution < 1.29 is 10.2 Å². The van der Waals surface area contributed by atoms with Gasteiger partial charge in [-0.2, -0.15) is 0 Å². The predicted octanol–water partition coefficient (Wildman–Crippen LogP) is 8.69. The average Bonchev–Trinajstić information content (AvgIpc) is 2.94. The predicted molar refractivity (Wildman–Crippen MR) is 151 cm³/mol. The van der Waals surface area contributed by atoms with Crippen LogP contribution in [0.25, 0.3) is 22.3 Å². The van der Waals surface area contributed by atoms with Crippen LogP contribution in [0.15, 0.2) is 109 Å². The van der Waals surface area contributed by atoms with Crippen molar-refractivity contribution in [2.45, 2.75) is 63.6 Å². The van der Waals surface area contributed by atoms with Gasteiger partial charge in [0.05, 0.1) is 0 Å². The molecule has 2 heteroatoms. The van der Waals surface area contributed by atoms with Crippen LogP contribution in [0.5, 0.6) is 0 Å². The zero-order valence-corrected chi connectivity index (χ0v) is 21.3. The van der Waals surface area contributed by atoms with Crippen LogP contribution in [0.4, 0.5) is 0 Å². The van der Waals surface area contributed by atoms with E-state index in [0.29, 0.717) is 5.56 Å². The molecule has 2 N–H and O–H groups in total. The minimum atomic E-state index is -1.95. The number of unbranched alkanes of at least 4 members (excludes halogenated alkanes) is 5. The second-order valence-electron chi connectivity index (χ2n) is 9.77. The standard InChI is InChI=1S/C34H38O2/c1-2-3-4-5-6-13-18-33(31-21-19-29(20-22-31)27-14-9-7-10-15-27)34(35,36)32-25-23-30(24-26-32)28-16-11-8-12-17-28/h7-12,14-17,19-26,33,35-36H,2-6,13,18H2,1H3. The maximum absolute atomic E-state index is 11.5. The fourth-order valence-electron chi connectivity index (χ4n) is 5.01. The molecule has 0 saturated carbocycles. The van der Waals surface area contributed by atoms with Crippen molar-refractivity contribution in [2.24, 2.45) is 0 Å². The maximum atomic E-state index is 11.5. The fraction of sp³-hybridized carbons (Fsp3) is 0.294. The lowest BCUT2D eigenvalue weighted by Crippen LogP contribution is -2.33. The SMILES string of the molecule is CCCCCCCCC(c1ccc(-c2ccccc2)cc1)C(O)(O)c1ccc(-c2ccccc2)cc1. The van der Waals surface area contributed by atoms with Crippen molar-refractivity contribution in [1.82, 2.24) is 0 Å². The van der Waals surface area contributed by atoms with Gasteiger partial charge in [-0.05, 0) is 34.2 Å². The van der Waals surface area contributed by atoms with Crippen molar-refractivity contribution in [1.29, 1.82) is 0 Å². The van der Waals surface area contributed by atoms with Crippen LogP contribution < -0.4 is 0 Å². The van der Waals surface area contributed by atoms with E-state index in [1.54, 1.807) is 0 Å². The minimum Gasteiger partial charge on any atom is -0.361 e. The van der Waals surface area contributed by atoms with Gasteiger partial charge in [-0.15, -0.1) is 0 Å². The summed E-state index contributed by atoms with van der Waals surface area (Å²) in [6.07, 6.45) is 7.75. The van der Waals surface area contributed by atoms with E-state index >= 15 is 0 Å². The molecular weight excluding hydrogens is 440 g/mol. The highest BCUT2D eigenvalue weighted by Gasteiger charge is 2.37. The van der Waals surface area contributed by atoms with Gasteiger partial charge in [0.1, 0.15) is 0 Å². The Balaban J connectivity index is 1.57. The molecule has 4 aromatic carbocycles. The molecule has 0 aliphatic rings. The second kappa shape index (κ2) is 12.7. The van der Waals surface area contributed by atoms with E-state index in [2.05, 4.69) is 55.5 Å². The van der Waals surface area contributed by atoms with Gasteiger partial charge in [0.2, 0.25) is 0 Å². The third-order valence-corrected chi connectivity index (χ3v) is 7.17. The van der Waals surface area contributed by atoms with Crippen LogP contribution in [0.1, 0.15) is 68.9 Å². The summed E-state index contributed by atoms with van der Waals surface area (Å²) < 4.78 is 0. The van der Waals surface area contributed by atoms with Gasteiger partial charge in [-0.25, -0.2) is 0 Å². The topological polar surface area (TPSA) is 40.5 Å². The van der Waals surface area contributed by atoms with E-state index in [4.69, 9.17) is 0 Å². The molecular formula is C34H38O2. The van der Waals surface area contributed by atoms with Gasteiger partial charge in [-0.3, -0.25) is 0 Å². The second-order valence-corrected chi connectivity index (χ2v) is 9.77. The molecule has 0 radical (unpaired) electrons. The van der Waals surface area contributed by atoms with Crippen LogP contribution in [-0.2, 0) is 5.79 Å². The quantitative estimate of drug-likeness (QED) is 0.158. The summed E-state index contributed by atoms with van der Waals surface area (Å²) in [7, 11) is 0. The summed E-state index contributed by atoms with van der Waals surface area (Å²) in [4.78, 5) is 0. The van der Waals surface area contributed by atoms with Gasteiger partial charge in [0.15, 0.2) is 5.79 Å². The lowest BCUT2D eigenvalue weighted by atomic mass is 9.81. The molecule has 2 nitrogen and oxygen atoms in total. The molecule has 0 amide bonds. The molecule has 4 aromatic rings. The van der Waals surface area contributed by atoms with Crippen LogP contribution >= 0.6 is 0 Å². The zero-order valence-electron chi connectivity index (χ0n) is 21.3. The number of aliphatic hydroxyl groups is 2. The molecule has 0 aliphatic carbocycles. The summed E-state index contributed by atoms with van der Waals surface area (Å²) in [6, 6.07) is 36.4. The van der Waals surface area contributed by atoms with Gasteiger partial charge in [0.25, 0.3) is 0 Å². The largest absolute Gasteiger partial charge is 0.361 e. The van der Waals surface area contributed by atoms with Crippen molar-refractivity contribution in [3.05, 3.63) is 120 Å². The van der Waals surface area contributed by atoms with E-state index in [0.717, 1.165) is 47.1 Å². The third kappa shape index (κ3) is 6.51. The molecule has 36 heavy (non-hydrogen) atoms. The first-order valence-electron chi connectivity index (χ1n) is 13.4. The lowest BCUT2D eigenvalue weighted by molar-refractivity contribution is -0.190. The van der Waals surface area contributed by atoms with E-state index < -0.39 is 11.7 Å². The van der Waals surface area contributed by atoms with E-state index in [1.807, 2.05) is 60.7 Å². The molecule has 0 saturated heterocycles. The Kier molecular flexibility index (Phi) is 9.11.